The van der Waals surface area contributed by atoms with Crippen molar-refractivity contribution in [3.63, 3.8) is 0 Å². The van der Waals surface area contributed by atoms with E-state index in [2.05, 4.69) is 0 Å². The third kappa shape index (κ3) is 3.72. The van der Waals surface area contributed by atoms with E-state index in [1.807, 2.05) is 41.0 Å². The van der Waals surface area contributed by atoms with Gasteiger partial charge >= 0.3 is 0 Å². The number of amides is 1. The number of nitrogens with zero attached hydrogens (tertiary/aromatic N) is 2. The number of hydrogen-bond donors (Lipinski definition) is 0. The van der Waals surface area contributed by atoms with Crippen LogP contribution in [0.5, 0.6) is 0 Å². The Morgan fingerprint density at radius 3 is 2.25 bits per heavy atom. The van der Waals surface area contributed by atoms with Gasteiger partial charge in [-0.2, -0.15) is 0 Å². The van der Waals surface area contributed by atoms with Gasteiger partial charge < -0.3 is 9.80 Å². The van der Waals surface area contributed by atoms with Crippen molar-refractivity contribution >= 4 is 11.6 Å². The van der Waals surface area contributed by atoms with Crippen LogP contribution in [0.1, 0.15) is 11.1 Å². The number of hydrogen-bond acceptors (Lipinski definition) is 2. The van der Waals surface area contributed by atoms with E-state index in [1.165, 1.54) is 11.6 Å². The minimum Gasteiger partial charge on any atom is -0.368 e. The molecule has 0 saturated carbocycles. The SMILES string of the molecule is Cc1ccc(CC(=O)N2CCN(c3ccc(F)c(F)c3)CC2)cc1. The number of anilines is 1. The first-order chi connectivity index (χ1) is 11.5. The molecule has 1 fully saturated rings. The van der Waals surface area contributed by atoms with Gasteiger partial charge in [-0.15, -0.1) is 0 Å². The Morgan fingerprint density at radius 2 is 1.62 bits per heavy atom. The van der Waals surface area contributed by atoms with Gasteiger partial charge in [0.1, 0.15) is 0 Å². The molecule has 5 heteroatoms. The van der Waals surface area contributed by atoms with Crippen LogP contribution in [-0.2, 0) is 11.2 Å². The van der Waals surface area contributed by atoms with Crippen molar-refractivity contribution in [3.05, 3.63) is 65.2 Å². The van der Waals surface area contributed by atoms with E-state index in [4.69, 9.17) is 0 Å². The van der Waals surface area contributed by atoms with E-state index < -0.39 is 11.6 Å². The number of benzene rings is 2. The molecule has 0 radical (unpaired) electrons. The third-order valence-electron chi connectivity index (χ3n) is 4.38. The monoisotopic (exact) mass is 330 g/mol. The first-order valence-electron chi connectivity index (χ1n) is 8.06. The molecule has 0 spiro atoms. The average Bonchev–Trinajstić information content (AvgIpc) is 2.59. The van der Waals surface area contributed by atoms with Crippen molar-refractivity contribution in [2.24, 2.45) is 0 Å². The zero-order valence-corrected chi connectivity index (χ0v) is 13.6. The van der Waals surface area contributed by atoms with Gasteiger partial charge in [-0.3, -0.25) is 4.79 Å². The highest BCUT2D eigenvalue weighted by Crippen LogP contribution is 2.20. The molecule has 0 unspecified atom stereocenters. The fraction of sp³-hybridized carbons (Fsp3) is 0.316. The maximum Gasteiger partial charge on any atom is 0.227 e. The predicted octanol–water partition coefficient (Wildman–Crippen LogP) is 3.16. The second-order valence-electron chi connectivity index (χ2n) is 6.13. The Bertz CT molecular complexity index is 723. The van der Waals surface area contributed by atoms with E-state index in [1.54, 1.807) is 6.07 Å². The number of halogens is 2. The highest BCUT2D eigenvalue weighted by molar-refractivity contribution is 5.79. The summed E-state index contributed by atoms with van der Waals surface area (Å²) >= 11 is 0. The molecule has 1 aliphatic heterocycles. The van der Waals surface area contributed by atoms with Crippen LogP contribution in [0.3, 0.4) is 0 Å². The first kappa shape index (κ1) is 16.4. The Labute approximate surface area is 140 Å². The Balaban J connectivity index is 1.57. The summed E-state index contributed by atoms with van der Waals surface area (Å²) in [5.74, 6) is -1.58. The fourth-order valence-electron chi connectivity index (χ4n) is 2.89. The predicted molar refractivity (Wildman–Crippen MR) is 90.0 cm³/mol. The lowest BCUT2D eigenvalue weighted by atomic mass is 10.1. The molecule has 0 bridgehead atoms. The van der Waals surface area contributed by atoms with Gasteiger partial charge in [0.05, 0.1) is 6.42 Å². The summed E-state index contributed by atoms with van der Waals surface area (Å²) in [6, 6.07) is 11.9. The quantitative estimate of drug-likeness (QED) is 0.863. The van der Waals surface area contributed by atoms with Crippen LogP contribution in [-0.4, -0.2) is 37.0 Å². The molecule has 1 amide bonds. The van der Waals surface area contributed by atoms with Gasteiger partial charge in [-0.25, -0.2) is 8.78 Å². The summed E-state index contributed by atoms with van der Waals surface area (Å²) < 4.78 is 26.4. The molecular formula is C19H20F2N2O. The van der Waals surface area contributed by atoms with Crippen LogP contribution >= 0.6 is 0 Å². The molecule has 24 heavy (non-hydrogen) atoms. The molecule has 0 aliphatic carbocycles. The molecular weight excluding hydrogens is 310 g/mol. The molecule has 0 aromatic heterocycles. The number of carbonyl (C=O) groups is 1. The third-order valence-corrected chi connectivity index (χ3v) is 4.38. The maximum atomic E-state index is 13.3. The lowest BCUT2D eigenvalue weighted by Crippen LogP contribution is -2.49. The molecule has 3 nitrogen and oxygen atoms in total. The molecule has 0 atom stereocenters. The molecule has 1 heterocycles. The minimum absolute atomic E-state index is 0.101. The largest absolute Gasteiger partial charge is 0.368 e. The van der Waals surface area contributed by atoms with E-state index in [-0.39, 0.29) is 5.91 Å². The van der Waals surface area contributed by atoms with Crippen LogP contribution < -0.4 is 4.90 Å². The molecule has 0 N–H and O–H groups in total. The Kier molecular flexibility index (Phi) is 4.79. The van der Waals surface area contributed by atoms with Gasteiger partial charge in [0.15, 0.2) is 11.6 Å². The average molecular weight is 330 g/mol. The molecule has 126 valence electrons. The number of carbonyl (C=O) groups excluding carboxylic acids is 1. The lowest BCUT2D eigenvalue weighted by Gasteiger charge is -2.36. The van der Waals surface area contributed by atoms with Gasteiger partial charge in [0.2, 0.25) is 5.91 Å². The van der Waals surface area contributed by atoms with E-state index in [9.17, 15) is 13.6 Å². The van der Waals surface area contributed by atoms with Gasteiger partial charge in [-0.05, 0) is 24.6 Å². The van der Waals surface area contributed by atoms with Gasteiger partial charge in [0.25, 0.3) is 0 Å². The van der Waals surface area contributed by atoms with Crippen molar-refractivity contribution < 1.29 is 13.6 Å². The Hall–Kier alpha value is -2.43. The second-order valence-corrected chi connectivity index (χ2v) is 6.13. The minimum atomic E-state index is -0.842. The molecule has 3 rings (SSSR count). The summed E-state index contributed by atoms with van der Waals surface area (Å²) in [5.41, 5.74) is 2.83. The van der Waals surface area contributed by atoms with Crippen LogP contribution in [0.4, 0.5) is 14.5 Å². The summed E-state index contributed by atoms with van der Waals surface area (Å²) in [5, 5.41) is 0. The molecule has 1 aliphatic rings. The van der Waals surface area contributed by atoms with Gasteiger partial charge in [-0.1, -0.05) is 29.8 Å². The van der Waals surface area contributed by atoms with Crippen molar-refractivity contribution in [1.29, 1.82) is 0 Å². The first-order valence-corrected chi connectivity index (χ1v) is 8.06. The Morgan fingerprint density at radius 1 is 0.958 bits per heavy atom. The summed E-state index contributed by atoms with van der Waals surface area (Å²) in [7, 11) is 0. The number of rotatable bonds is 3. The molecule has 2 aromatic carbocycles. The lowest BCUT2D eigenvalue weighted by molar-refractivity contribution is -0.130. The summed E-state index contributed by atoms with van der Waals surface area (Å²) in [4.78, 5) is 16.2. The topological polar surface area (TPSA) is 23.6 Å². The van der Waals surface area contributed by atoms with Crippen molar-refractivity contribution in [2.45, 2.75) is 13.3 Å². The maximum absolute atomic E-state index is 13.3. The molecule has 1 saturated heterocycles. The van der Waals surface area contributed by atoms with Crippen LogP contribution in [0.2, 0.25) is 0 Å². The van der Waals surface area contributed by atoms with Crippen molar-refractivity contribution in [3.8, 4) is 0 Å². The number of piperazine rings is 1. The van der Waals surface area contributed by atoms with Gasteiger partial charge in [0, 0.05) is 37.9 Å². The highest BCUT2D eigenvalue weighted by atomic mass is 19.2. The summed E-state index contributed by atoms with van der Waals surface area (Å²) in [6.07, 6.45) is 0.394. The zero-order valence-electron chi connectivity index (χ0n) is 13.6. The van der Waals surface area contributed by atoms with E-state index >= 15 is 0 Å². The summed E-state index contributed by atoms with van der Waals surface area (Å²) in [6.45, 7) is 4.42. The second kappa shape index (κ2) is 6.99. The standard InChI is InChI=1S/C19H20F2N2O/c1-14-2-4-15(5-3-14)12-19(24)23-10-8-22(9-11-23)16-6-7-17(20)18(21)13-16/h2-7,13H,8-12H2,1H3. The van der Waals surface area contributed by atoms with Crippen LogP contribution in [0.25, 0.3) is 0 Å². The van der Waals surface area contributed by atoms with Crippen LogP contribution in [0, 0.1) is 18.6 Å². The smallest absolute Gasteiger partial charge is 0.227 e. The normalized spacial score (nSPS) is 14.8. The fourth-order valence-corrected chi connectivity index (χ4v) is 2.89. The number of aryl methyl sites for hydroxylation is 1. The van der Waals surface area contributed by atoms with Crippen molar-refractivity contribution in [2.75, 3.05) is 31.1 Å². The van der Waals surface area contributed by atoms with Crippen LogP contribution in [0.15, 0.2) is 42.5 Å². The van der Waals surface area contributed by atoms with Crippen molar-refractivity contribution in [1.82, 2.24) is 4.90 Å². The highest BCUT2D eigenvalue weighted by Gasteiger charge is 2.22. The van der Waals surface area contributed by atoms with E-state index in [0.717, 1.165) is 11.6 Å². The zero-order chi connectivity index (χ0) is 17.1. The molecule has 2 aromatic rings. The van der Waals surface area contributed by atoms with E-state index in [0.29, 0.717) is 38.3 Å².